The van der Waals surface area contributed by atoms with Crippen LogP contribution in [0.2, 0.25) is 0 Å². The van der Waals surface area contributed by atoms with Crippen LogP contribution < -0.4 is 4.74 Å². The molecule has 82 valence electrons. The van der Waals surface area contributed by atoms with E-state index in [-0.39, 0.29) is 0 Å². The lowest BCUT2D eigenvalue weighted by Gasteiger charge is -2.18. The Bertz CT molecular complexity index is 311. The van der Waals surface area contributed by atoms with Crippen LogP contribution in [-0.4, -0.2) is 42.7 Å². The van der Waals surface area contributed by atoms with E-state index in [1.54, 1.807) is 17.0 Å². The first-order valence-electron chi connectivity index (χ1n) is 4.69. The van der Waals surface area contributed by atoms with E-state index in [2.05, 4.69) is 0 Å². The van der Waals surface area contributed by atoms with Gasteiger partial charge >= 0.3 is 5.97 Å². The maximum Gasteiger partial charge on any atom is 0.346 e. The number of rotatable bonds is 5. The topological polar surface area (TPSA) is 49.8 Å². The summed E-state index contributed by atoms with van der Waals surface area (Å²) >= 11 is 0. The third-order valence-corrected chi connectivity index (χ3v) is 1.83. The summed E-state index contributed by atoms with van der Waals surface area (Å²) in [7, 11) is 3.62. The Morgan fingerprint density at radius 1 is 1.40 bits per heavy atom. The van der Waals surface area contributed by atoms with Crippen LogP contribution in [0.15, 0.2) is 30.3 Å². The summed E-state index contributed by atoms with van der Waals surface area (Å²) in [4.78, 5) is 12.7. The summed E-state index contributed by atoms with van der Waals surface area (Å²) in [5, 5.41) is 8.93. The molecule has 4 heteroatoms. The highest BCUT2D eigenvalue weighted by Gasteiger charge is 2.19. The van der Waals surface area contributed by atoms with E-state index in [0.29, 0.717) is 12.3 Å². The molecule has 4 nitrogen and oxygen atoms in total. The molecule has 0 amide bonds. The fourth-order valence-electron chi connectivity index (χ4n) is 1.16. The van der Waals surface area contributed by atoms with E-state index in [1.807, 2.05) is 32.3 Å². The van der Waals surface area contributed by atoms with Crippen LogP contribution in [0.5, 0.6) is 5.75 Å². The van der Waals surface area contributed by atoms with Crippen molar-refractivity contribution in [2.24, 2.45) is 0 Å². The predicted octanol–water partition coefficient (Wildman–Crippen LogP) is 1.08. The first-order chi connectivity index (χ1) is 7.09. The maximum atomic E-state index is 10.9. The predicted molar refractivity (Wildman–Crippen MR) is 57.0 cm³/mol. The smallest absolute Gasteiger partial charge is 0.346 e. The standard InChI is InChI=1S/C11H15NO3/c1-12(2)8-10(11(13)14)15-9-6-4-3-5-7-9/h3-7,10H,8H2,1-2H3,(H,13,14). The molecular formula is C11H15NO3. The van der Waals surface area contributed by atoms with Crippen molar-refractivity contribution < 1.29 is 14.6 Å². The minimum Gasteiger partial charge on any atom is -0.478 e. The highest BCUT2D eigenvalue weighted by molar-refractivity contribution is 5.73. The average molecular weight is 209 g/mol. The molecule has 1 N–H and O–H groups in total. The van der Waals surface area contributed by atoms with E-state index >= 15 is 0 Å². The number of benzene rings is 1. The largest absolute Gasteiger partial charge is 0.478 e. The third kappa shape index (κ3) is 3.99. The van der Waals surface area contributed by atoms with Crippen molar-refractivity contribution in [2.75, 3.05) is 20.6 Å². The lowest BCUT2D eigenvalue weighted by molar-refractivity contribution is -0.145. The van der Waals surface area contributed by atoms with Gasteiger partial charge in [-0.15, -0.1) is 0 Å². The van der Waals surface area contributed by atoms with Gasteiger partial charge in [-0.2, -0.15) is 0 Å². The summed E-state index contributed by atoms with van der Waals surface area (Å²) in [5.74, 6) is -0.376. The maximum absolute atomic E-state index is 10.9. The minimum atomic E-state index is -0.951. The van der Waals surface area contributed by atoms with Gasteiger partial charge in [0.15, 0.2) is 0 Å². The number of nitrogens with zero attached hydrogens (tertiary/aromatic N) is 1. The Labute approximate surface area is 89.1 Å². The number of ether oxygens (including phenoxy) is 1. The van der Waals surface area contributed by atoms with Crippen molar-refractivity contribution in [3.05, 3.63) is 30.3 Å². The van der Waals surface area contributed by atoms with Crippen molar-refractivity contribution in [1.82, 2.24) is 4.90 Å². The van der Waals surface area contributed by atoms with Gasteiger partial charge in [0.2, 0.25) is 6.10 Å². The number of para-hydroxylation sites is 1. The van der Waals surface area contributed by atoms with Crippen LogP contribution in [0.1, 0.15) is 0 Å². The Balaban J connectivity index is 2.63. The molecule has 0 aliphatic heterocycles. The van der Waals surface area contributed by atoms with Crippen molar-refractivity contribution in [3.8, 4) is 5.75 Å². The highest BCUT2D eigenvalue weighted by Crippen LogP contribution is 2.11. The summed E-state index contributed by atoms with van der Waals surface area (Å²) in [5.41, 5.74) is 0. The zero-order valence-electron chi connectivity index (χ0n) is 8.88. The Morgan fingerprint density at radius 3 is 2.47 bits per heavy atom. The fourth-order valence-corrected chi connectivity index (χ4v) is 1.16. The summed E-state index contributed by atoms with van der Waals surface area (Å²) < 4.78 is 5.35. The zero-order valence-corrected chi connectivity index (χ0v) is 8.88. The molecule has 0 radical (unpaired) electrons. The molecule has 0 heterocycles. The van der Waals surface area contributed by atoms with Crippen LogP contribution in [0.25, 0.3) is 0 Å². The molecule has 0 fully saturated rings. The Morgan fingerprint density at radius 2 is 2.00 bits per heavy atom. The molecular weight excluding hydrogens is 194 g/mol. The monoisotopic (exact) mass is 209 g/mol. The molecule has 0 bridgehead atoms. The van der Waals surface area contributed by atoms with Crippen LogP contribution in [-0.2, 0) is 4.79 Å². The first-order valence-corrected chi connectivity index (χ1v) is 4.69. The normalized spacial score (nSPS) is 12.5. The number of hydrogen-bond donors (Lipinski definition) is 1. The van der Waals surface area contributed by atoms with Crippen LogP contribution in [0.3, 0.4) is 0 Å². The van der Waals surface area contributed by atoms with Gasteiger partial charge in [-0.05, 0) is 26.2 Å². The molecule has 0 aromatic heterocycles. The number of carbonyl (C=O) groups is 1. The van der Waals surface area contributed by atoms with E-state index in [1.165, 1.54) is 0 Å². The lowest BCUT2D eigenvalue weighted by atomic mass is 10.3. The summed E-state index contributed by atoms with van der Waals surface area (Å²) in [6, 6.07) is 8.96. The zero-order chi connectivity index (χ0) is 11.3. The van der Waals surface area contributed by atoms with Gasteiger partial charge in [-0.25, -0.2) is 4.79 Å². The lowest BCUT2D eigenvalue weighted by Crippen LogP contribution is -2.37. The molecule has 0 aliphatic rings. The molecule has 1 unspecified atom stereocenters. The second-order valence-corrected chi connectivity index (χ2v) is 3.52. The van der Waals surface area contributed by atoms with Gasteiger partial charge < -0.3 is 14.7 Å². The minimum absolute atomic E-state index is 0.351. The van der Waals surface area contributed by atoms with Crippen molar-refractivity contribution >= 4 is 5.97 Å². The molecule has 1 rings (SSSR count). The van der Waals surface area contributed by atoms with Crippen molar-refractivity contribution in [3.63, 3.8) is 0 Å². The number of likely N-dealkylation sites (N-methyl/N-ethyl adjacent to an activating group) is 1. The molecule has 1 aromatic rings. The van der Waals surface area contributed by atoms with E-state index in [9.17, 15) is 4.79 Å². The van der Waals surface area contributed by atoms with Crippen molar-refractivity contribution in [2.45, 2.75) is 6.10 Å². The molecule has 0 spiro atoms. The molecule has 0 saturated heterocycles. The first kappa shape index (κ1) is 11.5. The molecule has 0 aliphatic carbocycles. The highest BCUT2D eigenvalue weighted by atomic mass is 16.5. The number of carboxylic acids is 1. The quantitative estimate of drug-likeness (QED) is 0.788. The van der Waals surface area contributed by atoms with Gasteiger partial charge in [0.05, 0.1) is 0 Å². The molecule has 1 aromatic carbocycles. The third-order valence-electron chi connectivity index (χ3n) is 1.83. The fraction of sp³-hybridized carbons (Fsp3) is 0.364. The SMILES string of the molecule is CN(C)CC(Oc1ccccc1)C(=O)O. The summed E-state index contributed by atoms with van der Waals surface area (Å²) in [6.45, 7) is 0.351. The van der Waals surface area contributed by atoms with Gasteiger partial charge in [0.25, 0.3) is 0 Å². The second kappa shape index (κ2) is 5.36. The van der Waals surface area contributed by atoms with Gasteiger partial charge in [0.1, 0.15) is 5.75 Å². The Hall–Kier alpha value is -1.55. The van der Waals surface area contributed by atoms with E-state index < -0.39 is 12.1 Å². The van der Waals surface area contributed by atoms with Crippen LogP contribution in [0.4, 0.5) is 0 Å². The molecule has 0 saturated carbocycles. The van der Waals surface area contributed by atoms with Gasteiger partial charge in [-0.3, -0.25) is 0 Å². The van der Waals surface area contributed by atoms with E-state index in [0.717, 1.165) is 0 Å². The van der Waals surface area contributed by atoms with Crippen molar-refractivity contribution in [1.29, 1.82) is 0 Å². The number of carboxylic acid groups (broad SMARTS) is 1. The van der Waals surface area contributed by atoms with Gasteiger partial charge in [0, 0.05) is 6.54 Å². The second-order valence-electron chi connectivity index (χ2n) is 3.52. The number of hydrogen-bond acceptors (Lipinski definition) is 3. The Kier molecular flexibility index (Phi) is 4.12. The summed E-state index contributed by atoms with van der Waals surface area (Å²) in [6.07, 6.45) is -0.831. The average Bonchev–Trinajstić information content (AvgIpc) is 2.17. The van der Waals surface area contributed by atoms with Gasteiger partial charge in [-0.1, -0.05) is 18.2 Å². The molecule has 1 atom stereocenters. The van der Waals surface area contributed by atoms with E-state index in [4.69, 9.17) is 9.84 Å². The number of aliphatic carboxylic acids is 1. The van der Waals surface area contributed by atoms with Crippen LogP contribution in [0, 0.1) is 0 Å². The molecule has 15 heavy (non-hydrogen) atoms. The van der Waals surface area contributed by atoms with Crippen LogP contribution >= 0.6 is 0 Å².